The molecule has 0 amide bonds. The Hall–Kier alpha value is -2.67. The molecule has 0 aliphatic rings. The molecule has 0 saturated heterocycles. The molecular weight excluding hydrogens is 284 g/mol. The molecule has 0 atom stereocenters. The third-order valence-corrected chi connectivity index (χ3v) is 2.66. The number of halogens is 1. The van der Waals surface area contributed by atoms with Crippen LogP contribution < -0.4 is 10.5 Å². The van der Waals surface area contributed by atoms with Crippen molar-refractivity contribution in [3.63, 3.8) is 0 Å². The van der Waals surface area contributed by atoms with Crippen molar-refractivity contribution in [1.29, 1.82) is 5.41 Å². The monoisotopic (exact) mass is 292 g/mol. The number of ether oxygens (including phenoxy) is 1. The lowest BCUT2D eigenvalue weighted by atomic mass is 10.3. The number of rotatable bonds is 4. The van der Waals surface area contributed by atoms with Crippen LogP contribution in [-0.2, 0) is 0 Å². The lowest BCUT2D eigenvalue weighted by Gasteiger charge is -2.08. The zero-order valence-electron chi connectivity index (χ0n) is 10.0. The Kier molecular flexibility index (Phi) is 3.81. The molecule has 0 bridgehead atoms. The van der Waals surface area contributed by atoms with Crippen LogP contribution in [-0.4, -0.2) is 15.7 Å². The Morgan fingerprint density at radius 1 is 1.40 bits per heavy atom. The van der Waals surface area contributed by atoms with E-state index in [0.29, 0.717) is 5.75 Å². The Morgan fingerprint density at radius 2 is 2.15 bits per heavy atom. The zero-order chi connectivity index (χ0) is 14.7. The van der Waals surface area contributed by atoms with Gasteiger partial charge in [-0.15, -0.1) is 0 Å². The van der Waals surface area contributed by atoms with Crippen LogP contribution >= 0.6 is 11.6 Å². The highest BCUT2D eigenvalue weighted by atomic mass is 35.5. The highest BCUT2D eigenvalue weighted by Crippen LogP contribution is 2.32. The highest BCUT2D eigenvalue weighted by molar-refractivity contribution is 6.32. The molecule has 0 aliphatic carbocycles. The van der Waals surface area contributed by atoms with Gasteiger partial charge in [0.15, 0.2) is 0 Å². The maximum absolute atomic E-state index is 10.6. The lowest BCUT2D eigenvalue weighted by Crippen LogP contribution is -2.12. The molecule has 0 radical (unpaired) electrons. The fourth-order valence-electron chi connectivity index (χ4n) is 1.43. The molecule has 1 aromatic carbocycles. The van der Waals surface area contributed by atoms with Crippen LogP contribution in [0, 0.1) is 15.5 Å². The summed E-state index contributed by atoms with van der Waals surface area (Å²) >= 11 is 5.91. The number of non-ortho nitro benzene ring substituents is 1. The van der Waals surface area contributed by atoms with Gasteiger partial charge in [0.2, 0.25) is 0 Å². The van der Waals surface area contributed by atoms with Crippen molar-refractivity contribution < 1.29 is 9.66 Å². The first-order valence-corrected chi connectivity index (χ1v) is 5.77. The molecule has 20 heavy (non-hydrogen) atoms. The Morgan fingerprint density at radius 3 is 2.75 bits per heavy atom. The number of nitrogens with two attached hydrogens (primary N) is 1. The summed E-state index contributed by atoms with van der Waals surface area (Å²) in [5, 5.41) is 18.0. The van der Waals surface area contributed by atoms with Gasteiger partial charge in [0.1, 0.15) is 23.0 Å². The number of amidine groups is 1. The molecule has 3 N–H and O–H groups in total. The SMILES string of the molecule is N=C(N)c1cc(Oc2ccc([N+](=O)[O-])cc2Cl)ccn1. The minimum Gasteiger partial charge on any atom is -0.456 e. The zero-order valence-corrected chi connectivity index (χ0v) is 10.8. The average molecular weight is 293 g/mol. The minimum absolute atomic E-state index is 0.111. The third kappa shape index (κ3) is 3.01. The van der Waals surface area contributed by atoms with Crippen molar-refractivity contribution >= 4 is 23.1 Å². The molecule has 0 unspecified atom stereocenters. The van der Waals surface area contributed by atoms with E-state index in [-0.39, 0.29) is 28.0 Å². The van der Waals surface area contributed by atoms with Crippen molar-refractivity contribution in [1.82, 2.24) is 4.98 Å². The molecule has 2 rings (SSSR count). The number of hydrogen-bond acceptors (Lipinski definition) is 5. The van der Waals surface area contributed by atoms with Crippen LogP contribution in [0.2, 0.25) is 5.02 Å². The lowest BCUT2D eigenvalue weighted by molar-refractivity contribution is -0.384. The quantitative estimate of drug-likeness (QED) is 0.389. The molecule has 0 fully saturated rings. The van der Waals surface area contributed by atoms with Gasteiger partial charge in [0, 0.05) is 24.4 Å². The van der Waals surface area contributed by atoms with E-state index in [1.54, 1.807) is 6.07 Å². The number of nitrogens with zero attached hydrogens (tertiary/aromatic N) is 2. The van der Waals surface area contributed by atoms with Crippen LogP contribution in [0.15, 0.2) is 36.5 Å². The smallest absolute Gasteiger partial charge is 0.271 e. The number of benzene rings is 1. The molecular formula is C12H9ClN4O3. The molecule has 2 aromatic rings. The second-order valence-electron chi connectivity index (χ2n) is 3.76. The molecule has 0 spiro atoms. The molecule has 0 aliphatic heterocycles. The first-order valence-electron chi connectivity index (χ1n) is 5.39. The fraction of sp³-hybridized carbons (Fsp3) is 0. The third-order valence-electron chi connectivity index (χ3n) is 2.36. The van der Waals surface area contributed by atoms with Crippen molar-refractivity contribution in [2.24, 2.45) is 5.73 Å². The maximum atomic E-state index is 10.6. The summed E-state index contributed by atoms with van der Waals surface area (Å²) in [5.41, 5.74) is 5.46. The topological polar surface area (TPSA) is 115 Å². The maximum Gasteiger partial charge on any atom is 0.271 e. The van der Waals surface area contributed by atoms with E-state index in [9.17, 15) is 10.1 Å². The number of aromatic nitrogens is 1. The molecule has 1 aromatic heterocycles. The van der Waals surface area contributed by atoms with Gasteiger partial charge >= 0.3 is 0 Å². The van der Waals surface area contributed by atoms with Crippen molar-refractivity contribution in [3.8, 4) is 11.5 Å². The predicted molar refractivity (Wildman–Crippen MR) is 73.4 cm³/mol. The Labute approximate surface area is 118 Å². The van der Waals surface area contributed by atoms with Gasteiger partial charge in [-0.05, 0) is 12.1 Å². The summed E-state index contributed by atoms with van der Waals surface area (Å²) in [6.07, 6.45) is 1.44. The van der Waals surface area contributed by atoms with E-state index in [4.69, 9.17) is 27.5 Å². The summed E-state index contributed by atoms with van der Waals surface area (Å²) < 4.78 is 5.49. The number of nitrogen functional groups attached to an aromatic ring is 1. The van der Waals surface area contributed by atoms with Gasteiger partial charge in [-0.1, -0.05) is 11.6 Å². The minimum atomic E-state index is -0.546. The summed E-state index contributed by atoms with van der Waals surface area (Å²) in [7, 11) is 0. The van der Waals surface area contributed by atoms with E-state index in [2.05, 4.69) is 4.98 Å². The largest absolute Gasteiger partial charge is 0.456 e. The van der Waals surface area contributed by atoms with Crippen molar-refractivity contribution in [2.45, 2.75) is 0 Å². The van der Waals surface area contributed by atoms with Gasteiger partial charge in [-0.3, -0.25) is 20.5 Å². The van der Waals surface area contributed by atoms with Crippen LogP contribution in [0.25, 0.3) is 0 Å². The number of hydrogen-bond donors (Lipinski definition) is 2. The number of nitro benzene ring substituents is 1. The van der Waals surface area contributed by atoms with E-state index < -0.39 is 4.92 Å². The molecule has 102 valence electrons. The van der Waals surface area contributed by atoms with Gasteiger partial charge in [-0.25, -0.2) is 0 Å². The molecule has 8 heteroatoms. The van der Waals surface area contributed by atoms with Gasteiger partial charge in [-0.2, -0.15) is 0 Å². The van der Waals surface area contributed by atoms with Gasteiger partial charge < -0.3 is 10.5 Å². The molecule has 1 heterocycles. The van der Waals surface area contributed by atoms with E-state index >= 15 is 0 Å². The predicted octanol–water partition coefficient (Wildman–Crippen LogP) is 2.72. The van der Waals surface area contributed by atoms with E-state index in [1.165, 1.54) is 30.5 Å². The van der Waals surface area contributed by atoms with Crippen LogP contribution in [0.1, 0.15) is 5.69 Å². The first kappa shape index (κ1) is 13.8. The van der Waals surface area contributed by atoms with E-state index in [1.807, 2.05) is 0 Å². The van der Waals surface area contributed by atoms with Crippen LogP contribution in [0.3, 0.4) is 0 Å². The Bertz CT molecular complexity index is 690. The standard InChI is InChI=1S/C12H9ClN4O3/c13-9-5-7(17(18)19)1-2-11(9)20-8-3-4-16-10(6-8)12(14)15/h1-6H,(H3,14,15). The first-order chi connectivity index (χ1) is 9.47. The Balaban J connectivity index is 2.28. The summed E-state index contributed by atoms with van der Waals surface area (Å²) in [4.78, 5) is 13.9. The van der Waals surface area contributed by atoms with E-state index in [0.717, 1.165) is 0 Å². The second-order valence-corrected chi connectivity index (χ2v) is 4.17. The molecule has 0 saturated carbocycles. The number of nitrogens with one attached hydrogen (secondary N) is 1. The van der Waals surface area contributed by atoms with Crippen molar-refractivity contribution in [3.05, 3.63) is 57.4 Å². The number of nitro groups is 1. The average Bonchev–Trinajstić information content (AvgIpc) is 2.41. The van der Waals surface area contributed by atoms with Crippen LogP contribution in [0.5, 0.6) is 11.5 Å². The second kappa shape index (κ2) is 5.54. The van der Waals surface area contributed by atoms with Gasteiger partial charge in [0.05, 0.1) is 9.95 Å². The van der Waals surface area contributed by atoms with Crippen LogP contribution in [0.4, 0.5) is 5.69 Å². The number of pyridine rings is 1. The van der Waals surface area contributed by atoms with Gasteiger partial charge in [0.25, 0.3) is 5.69 Å². The summed E-state index contributed by atoms with van der Waals surface area (Å²) in [5.74, 6) is 0.448. The normalized spacial score (nSPS) is 10.1. The summed E-state index contributed by atoms with van der Waals surface area (Å²) in [6.45, 7) is 0. The summed E-state index contributed by atoms with van der Waals surface area (Å²) in [6, 6.07) is 6.91. The highest BCUT2D eigenvalue weighted by Gasteiger charge is 2.11. The fourth-order valence-corrected chi connectivity index (χ4v) is 1.65. The molecule has 7 nitrogen and oxygen atoms in total. The van der Waals surface area contributed by atoms with Crippen molar-refractivity contribution in [2.75, 3.05) is 0 Å².